The predicted octanol–water partition coefficient (Wildman–Crippen LogP) is 2.77. The summed E-state index contributed by atoms with van der Waals surface area (Å²) in [5.74, 6) is -1.86. The van der Waals surface area contributed by atoms with E-state index in [1.54, 1.807) is 18.2 Å². The second kappa shape index (κ2) is 6.15. The number of halogens is 1. The molecule has 152 valence electrons. The zero-order valence-corrected chi connectivity index (χ0v) is 16.9. The summed E-state index contributed by atoms with van der Waals surface area (Å²) in [5, 5.41) is 3.48. The minimum atomic E-state index is -1.16. The molecule has 3 saturated heterocycles. The van der Waals surface area contributed by atoms with Gasteiger partial charge in [0.15, 0.2) is 0 Å². The number of hydrogen-bond donors (Lipinski definition) is 1. The van der Waals surface area contributed by atoms with E-state index in [9.17, 15) is 14.4 Å². The Balaban J connectivity index is 1.50. The van der Waals surface area contributed by atoms with Crippen LogP contribution in [0.3, 0.4) is 0 Å². The van der Waals surface area contributed by atoms with Crippen LogP contribution in [0.1, 0.15) is 24.0 Å². The number of nitrogens with zero attached hydrogens (tertiary/aromatic N) is 2. The van der Waals surface area contributed by atoms with Crippen LogP contribution in [0.25, 0.3) is 0 Å². The van der Waals surface area contributed by atoms with Crippen molar-refractivity contribution in [2.45, 2.75) is 31.0 Å². The maximum Gasteiger partial charge on any atom is 0.250 e. The Morgan fingerprint density at radius 3 is 2.67 bits per heavy atom. The Morgan fingerprint density at radius 1 is 1.07 bits per heavy atom. The number of carbonyl (C=O) groups excluding carboxylic acids is 3. The molecular weight excluding hydrogens is 402 g/mol. The second-order valence-electron chi connectivity index (χ2n) is 8.57. The lowest BCUT2D eigenvalue weighted by Gasteiger charge is -2.36. The molecule has 4 aliphatic heterocycles. The zero-order valence-electron chi connectivity index (χ0n) is 16.2. The quantitative estimate of drug-likeness (QED) is 0.757. The fourth-order valence-electron chi connectivity index (χ4n) is 6.16. The molecule has 2 aromatic rings. The second-order valence-corrected chi connectivity index (χ2v) is 9.00. The summed E-state index contributed by atoms with van der Waals surface area (Å²) >= 11 is 6.30. The average molecular weight is 422 g/mol. The van der Waals surface area contributed by atoms with E-state index >= 15 is 0 Å². The number of carbonyl (C=O) groups is 3. The summed E-state index contributed by atoms with van der Waals surface area (Å²) in [5.41, 5.74) is 1.14. The van der Waals surface area contributed by atoms with Crippen molar-refractivity contribution < 1.29 is 14.4 Å². The van der Waals surface area contributed by atoms with Crippen molar-refractivity contribution in [2.75, 3.05) is 11.9 Å². The third-order valence-electron chi connectivity index (χ3n) is 7.23. The van der Waals surface area contributed by atoms with Crippen molar-refractivity contribution in [1.82, 2.24) is 9.80 Å². The van der Waals surface area contributed by atoms with Gasteiger partial charge in [-0.15, -0.1) is 0 Å². The molecule has 4 aliphatic rings. The van der Waals surface area contributed by atoms with Crippen LogP contribution in [0.4, 0.5) is 5.69 Å². The molecule has 6 nitrogen and oxygen atoms in total. The molecule has 0 radical (unpaired) electrons. The van der Waals surface area contributed by atoms with Gasteiger partial charge in [0.1, 0.15) is 5.54 Å². The minimum absolute atomic E-state index is 0.108. The van der Waals surface area contributed by atoms with Gasteiger partial charge in [-0.25, -0.2) is 0 Å². The van der Waals surface area contributed by atoms with E-state index in [-0.39, 0.29) is 30.3 Å². The number of fused-ring (bicyclic) bond motifs is 7. The summed E-state index contributed by atoms with van der Waals surface area (Å²) in [7, 11) is 0. The van der Waals surface area contributed by atoms with E-state index in [1.807, 2.05) is 30.3 Å². The Kier molecular flexibility index (Phi) is 3.71. The lowest BCUT2D eigenvalue weighted by Crippen LogP contribution is -2.54. The van der Waals surface area contributed by atoms with E-state index in [1.165, 1.54) is 4.90 Å². The summed E-state index contributed by atoms with van der Waals surface area (Å²) in [6.45, 7) is 0.925. The molecule has 4 atom stereocenters. The van der Waals surface area contributed by atoms with Crippen molar-refractivity contribution in [3.05, 3.63) is 64.7 Å². The maximum atomic E-state index is 13.7. The van der Waals surface area contributed by atoms with Gasteiger partial charge < -0.3 is 5.32 Å². The molecule has 0 bridgehead atoms. The predicted molar refractivity (Wildman–Crippen MR) is 110 cm³/mol. The van der Waals surface area contributed by atoms with Crippen molar-refractivity contribution >= 4 is 35.0 Å². The van der Waals surface area contributed by atoms with Gasteiger partial charge in [0.05, 0.1) is 18.4 Å². The van der Waals surface area contributed by atoms with Gasteiger partial charge in [-0.2, -0.15) is 0 Å². The van der Waals surface area contributed by atoms with Crippen LogP contribution >= 0.6 is 11.6 Å². The third-order valence-corrected chi connectivity index (χ3v) is 7.46. The number of imide groups is 1. The Morgan fingerprint density at radius 2 is 1.87 bits per heavy atom. The molecule has 0 aromatic heterocycles. The lowest BCUT2D eigenvalue weighted by atomic mass is 9.75. The highest BCUT2D eigenvalue weighted by atomic mass is 35.5. The topological polar surface area (TPSA) is 69.7 Å². The standard InChI is InChI=1S/C23H20ClN3O3/c24-14-8-9-16-15(11-14)23(22(30)25-16)19-18(17-7-4-10-27(17)23)20(28)26(21(19)29)12-13-5-2-1-3-6-13/h1-3,5-6,8-9,11,17-19H,4,7,10,12H2,(H,25,30)/t17-,18-,19+,23-/m1/s1. The van der Waals surface area contributed by atoms with E-state index in [4.69, 9.17) is 11.6 Å². The smallest absolute Gasteiger partial charge is 0.250 e. The minimum Gasteiger partial charge on any atom is -0.324 e. The molecule has 4 heterocycles. The molecule has 0 unspecified atom stereocenters. The van der Waals surface area contributed by atoms with Gasteiger partial charge in [0, 0.05) is 22.3 Å². The van der Waals surface area contributed by atoms with E-state index < -0.39 is 17.4 Å². The Labute approximate surface area is 178 Å². The fourth-order valence-corrected chi connectivity index (χ4v) is 6.33. The molecule has 7 heteroatoms. The van der Waals surface area contributed by atoms with Gasteiger partial charge in [0.25, 0.3) is 0 Å². The van der Waals surface area contributed by atoms with Gasteiger partial charge in [0.2, 0.25) is 17.7 Å². The molecule has 0 saturated carbocycles. The first-order valence-electron chi connectivity index (χ1n) is 10.3. The highest BCUT2D eigenvalue weighted by Gasteiger charge is 2.74. The molecular formula is C23H20ClN3O3. The van der Waals surface area contributed by atoms with E-state index in [2.05, 4.69) is 10.2 Å². The average Bonchev–Trinajstić information content (AvgIpc) is 3.44. The van der Waals surface area contributed by atoms with Crippen LogP contribution in [-0.2, 0) is 26.5 Å². The fraction of sp³-hybridized carbons (Fsp3) is 0.348. The largest absolute Gasteiger partial charge is 0.324 e. The number of rotatable bonds is 2. The summed E-state index contributed by atoms with van der Waals surface area (Å²) in [6.07, 6.45) is 1.71. The monoisotopic (exact) mass is 421 g/mol. The van der Waals surface area contributed by atoms with E-state index in [0.717, 1.165) is 24.0 Å². The van der Waals surface area contributed by atoms with Gasteiger partial charge in [-0.3, -0.25) is 24.2 Å². The first kappa shape index (κ1) is 18.1. The third kappa shape index (κ3) is 2.10. The first-order chi connectivity index (χ1) is 14.5. The zero-order chi connectivity index (χ0) is 20.6. The molecule has 30 heavy (non-hydrogen) atoms. The summed E-state index contributed by atoms with van der Waals surface area (Å²) in [6, 6.07) is 14.7. The highest BCUT2D eigenvalue weighted by Crippen LogP contribution is 2.60. The number of likely N-dealkylation sites (tertiary alicyclic amines) is 1. The summed E-state index contributed by atoms with van der Waals surface area (Å²) < 4.78 is 0. The molecule has 3 fully saturated rings. The normalized spacial score (nSPS) is 32.0. The van der Waals surface area contributed by atoms with Crippen LogP contribution in [0.2, 0.25) is 5.02 Å². The van der Waals surface area contributed by atoms with Crippen molar-refractivity contribution in [2.24, 2.45) is 11.8 Å². The number of hydrogen-bond acceptors (Lipinski definition) is 4. The maximum absolute atomic E-state index is 13.7. The van der Waals surface area contributed by atoms with Gasteiger partial charge >= 0.3 is 0 Å². The first-order valence-corrected chi connectivity index (χ1v) is 10.7. The highest BCUT2D eigenvalue weighted by molar-refractivity contribution is 6.31. The number of benzene rings is 2. The van der Waals surface area contributed by atoms with Gasteiger partial charge in [-0.05, 0) is 43.1 Å². The molecule has 1 spiro atoms. The van der Waals surface area contributed by atoms with Crippen LogP contribution < -0.4 is 5.32 Å². The van der Waals surface area contributed by atoms with Crippen LogP contribution in [0.5, 0.6) is 0 Å². The number of nitrogens with one attached hydrogen (secondary N) is 1. The summed E-state index contributed by atoms with van der Waals surface area (Å²) in [4.78, 5) is 44.1. The van der Waals surface area contributed by atoms with Crippen LogP contribution in [0, 0.1) is 11.8 Å². The molecule has 6 rings (SSSR count). The van der Waals surface area contributed by atoms with Crippen LogP contribution in [0.15, 0.2) is 48.5 Å². The molecule has 1 N–H and O–H groups in total. The number of anilines is 1. The van der Waals surface area contributed by atoms with Crippen LogP contribution in [-0.4, -0.2) is 40.1 Å². The number of amides is 3. The van der Waals surface area contributed by atoms with E-state index in [0.29, 0.717) is 17.3 Å². The lowest BCUT2D eigenvalue weighted by molar-refractivity contribution is -0.146. The Hall–Kier alpha value is -2.70. The molecule has 0 aliphatic carbocycles. The van der Waals surface area contributed by atoms with Crippen molar-refractivity contribution in [3.63, 3.8) is 0 Å². The van der Waals surface area contributed by atoms with Crippen molar-refractivity contribution in [3.8, 4) is 0 Å². The SMILES string of the molecule is O=C1[C@@H]2[C@H]3CCCN3[C@@]3(C(=O)Nc4ccc(Cl)cc43)[C@@H]2C(=O)N1Cc1ccccc1. The van der Waals surface area contributed by atoms with Gasteiger partial charge in [-0.1, -0.05) is 41.9 Å². The molecule has 3 amide bonds. The van der Waals surface area contributed by atoms with Crippen molar-refractivity contribution in [1.29, 1.82) is 0 Å². The molecule has 2 aromatic carbocycles. The Bertz CT molecular complexity index is 1100.